The molecule has 0 unspecified atom stereocenters. The van der Waals surface area contributed by atoms with Crippen LogP contribution in [-0.2, 0) is 0 Å². The molecule has 0 aliphatic carbocycles. The van der Waals surface area contributed by atoms with E-state index in [1.54, 1.807) is 13.0 Å². The van der Waals surface area contributed by atoms with Crippen LogP contribution in [0.5, 0.6) is 11.5 Å². The number of rotatable bonds is 2. The number of carbonyl (C=O) groups is 1. The van der Waals surface area contributed by atoms with Crippen molar-refractivity contribution in [3.8, 4) is 11.5 Å². The minimum Gasteiger partial charge on any atom is -0.486 e. The van der Waals surface area contributed by atoms with E-state index in [1.807, 2.05) is 6.07 Å². The quantitative estimate of drug-likeness (QED) is 0.719. The van der Waals surface area contributed by atoms with Gasteiger partial charge >= 0.3 is 0 Å². The zero-order chi connectivity index (χ0) is 11.7. The molecule has 0 spiro atoms. The second-order valence-corrected chi connectivity index (χ2v) is 4.30. The second kappa shape index (κ2) is 4.16. The summed E-state index contributed by atoms with van der Waals surface area (Å²) in [5, 5.41) is 0. The summed E-state index contributed by atoms with van der Waals surface area (Å²) in [5.74, 6) is 1.86. The van der Waals surface area contributed by atoms with Crippen molar-refractivity contribution in [1.82, 2.24) is 0 Å². The summed E-state index contributed by atoms with van der Waals surface area (Å²) in [4.78, 5) is 11.4. The largest absolute Gasteiger partial charge is 0.486 e. The topological polar surface area (TPSA) is 35.5 Å². The van der Waals surface area contributed by atoms with Gasteiger partial charge in [-0.3, -0.25) is 4.79 Å². The third-order valence-corrected chi connectivity index (χ3v) is 2.70. The number of hydrogen-bond acceptors (Lipinski definition) is 3. The minimum atomic E-state index is 0.0545. The summed E-state index contributed by atoms with van der Waals surface area (Å²) in [6.07, 6.45) is 0. The Morgan fingerprint density at radius 1 is 1.25 bits per heavy atom. The Bertz CT molecular complexity index is 421. The highest BCUT2D eigenvalue weighted by atomic mass is 16.6. The van der Waals surface area contributed by atoms with Crippen molar-refractivity contribution in [3.63, 3.8) is 0 Å². The molecule has 0 atom stereocenters. The lowest BCUT2D eigenvalue weighted by Gasteiger charge is -2.23. The first-order valence-electron chi connectivity index (χ1n) is 5.54. The SMILES string of the molecule is CC(=O)c1cc2c(c(C(C)C)c1)OCCO2. The van der Waals surface area contributed by atoms with Crippen LogP contribution in [0.2, 0.25) is 0 Å². The molecule has 3 heteroatoms. The molecular formula is C13H16O3. The van der Waals surface area contributed by atoms with Crippen molar-refractivity contribution >= 4 is 5.78 Å². The van der Waals surface area contributed by atoms with Gasteiger partial charge in [0.15, 0.2) is 17.3 Å². The molecule has 0 saturated carbocycles. The molecule has 1 aromatic rings. The summed E-state index contributed by atoms with van der Waals surface area (Å²) >= 11 is 0. The van der Waals surface area contributed by atoms with E-state index >= 15 is 0 Å². The van der Waals surface area contributed by atoms with Crippen LogP contribution in [0.4, 0.5) is 0 Å². The number of ether oxygens (including phenoxy) is 2. The van der Waals surface area contributed by atoms with Crippen LogP contribution in [0.1, 0.15) is 42.6 Å². The number of carbonyl (C=O) groups excluding carboxylic acids is 1. The number of hydrogen-bond donors (Lipinski definition) is 0. The smallest absolute Gasteiger partial charge is 0.164 e. The lowest BCUT2D eigenvalue weighted by atomic mass is 9.97. The molecule has 2 rings (SSSR count). The maximum atomic E-state index is 11.4. The van der Waals surface area contributed by atoms with Crippen LogP contribution >= 0.6 is 0 Å². The molecule has 0 amide bonds. The van der Waals surface area contributed by atoms with Gasteiger partial charge in [0.05, 0.1) is 0 Å². The fraction of sp³-hybridized carbons (Fsp3) is 0.462. The van der Waals surface area contributed by atoms with Gasteiger partial charge in [0, 0.05) is 11.1 Å². The first-order valence-corrected chi connectivity index (χ1v) is 5.54. The van der Waals surface area contributed by atoms with E-state index < -0.39 is 0 Å². The lowest BCUT2D eigenvalue weighted by molar-refractivity contribution is 0.101. The van der Waals surface area contributed by atoms with Gasteiger partial charge in [0.2, 0.25) is 0 Å². The van der Waals surface area contributed by atoms with Crippen LogP contribution < -0.4 is 9.47 Å². The Morgan fingerprint density at radius 3 is 2.56 bits per heavy atom. The molecule has 3 nitrogen and oxygen atoms in total. The summed E-state index contributed by atoms with van der Waals surface area (Å²) < 4.78 is 11.1. The Kier molecular flexibility index (Phi) is 2.86. The molecular weight excluding hydrogens is 204 g/mol. The molecule has 1 aliphatic rings. The van der Waals surface area contributed by atoms with E-state index in [-0.39, 0.29) is 5.78 Å². The fourth-order valence-corrected chi connectivity index (χ4v) is 1.81. The van der Waals surface area contributed by atoms with Crippen molar-refractivity contribution in [2.24, 2.45) is 0 Å². The van der Waals surface area contributed by atoms with Gasteiger partial charge in [0.1, 0.15) is 13.2 Å². The Labute approximate surface area is 95.4 Å². The van der Waals surface area contributed by atoms with Crippen LogP contribution in [0.3, 0.4) is 0 Å². The number of benzene rings is 1. The Hall–Kier alpha value is -1.51. The Morgan fingerprint density at radius 2 is 1.94 bits per heavy atom. The molecule has 0 fully saturated rings. The molecule has 0 aromatic heterocycles. The van der Waals surface area contributed by atoms with Crippen molar-refractivity contribution in [3.05, 3.63) is 23.3 Å². The predicted octanol–water partition coefficient (Wildman–Crippen LogP) is 2.78. The molecule has 1 heterocycles. The maximum Gasteiger partial charge on any atom is 0.164 e. The molecule has 1 aliphatic heterocycles. The highest BCUT2D eigenvalue weighted by molar-refractivity contribution is 5.95. The van der Waals surface area contributed by atoms with Gasteiger partial charge in [0.25, 0.3) is 0 Å². The third-order valence-electron chi connectivity index (χ3n) is 2.70. The number of fused-ring (bicyclic) bond motifs is 1. The lowest BCUT2D eigenvalue weighted by Crippen LogP contribution is -2.17. The molecule has 0 N–H and O–H groups in total. The first-order chi connectivity index (χ1) is 7.59. The number of ketones is 1. The Balaban J connectivity index is 2.56. The third kappa shape index (κ3) is 1.90. The summed E-state index contributed by atoms with van der Waals surface area (Å²) in [6.45, 7) is 6.85. The van der Waals surface area contributed by atoms with E-state index in [0.717, 1.165) is 11.3 Å². The van der Waals surface area contributed by atoms with Gasteiger partial charge in [-0.25, -0.2) is 0 Å². The van der Waals surface area contributed by atoms with E-state index in [4.69, 9.17) is 9.47 Å². The summed E-state index contributed by atoms with van der Waals surface area (Å²) in [5.41, 5.74) is 1.73. The summed E-state index contributed by atoms with van der Waals surface area (Å²) in [6, 6.07) is 3.67. The molecule has 16 heavy (non-hydrogen) atoms. The van der Waals surface area contributed by atoms with E-state index in [9.17, 15) is 4.79 Å². The molecule has 86 valence electrons. The van der Waals surface area contributed by atoms with Gasteiger partial charge in [-0.15, -0.1) is 0 Å². The molecule has 0 bridgehead atoms. The van der Waals surface area contributed by atoms with E-state index in [1.165, 1.54) is 0 Å². The van der Waals surface area contributed by atoms with Crippen LogP contribution in [0.25, 0.3) is 0 Å². The van der Waals surface area contributed by atoms with E-state index in [2.05, 4.69) is 13.8 Å². The van der Waals surface area contributed by atoms with Crippen molar-refractivity contribution < 1.29 is 14.3 Å². The van der Waals surface area contributed by atoms with Crippen LogP contribution in [0, 0.1) is 0 Å². The molecule has 0 radical (unpaired) electrons. The average Bonchev–Trinajstić information content (AvgIpc) is 2.27. The summed E-state index contributed by atoms with van der Waals surface area (Å²) in [7, 11) is 0. The highest BCUT2D eigenvalue weighted by Gasteiger charge is 2.20. The van der Waals surface area contributed by atoms with Crippen molar-refractivity contribution in [2.75, 3.05) is 13.2 Å². The highest BCUT2D eigenvalue weighted by Crippen LogP contribution is 2.38. The van der Waals surface area contributed by atoms with Gasteiger partial charge in [-0.05, 0) is 25.0 Å². The van der Waals surface area contributed by atoms with Crippen LogP contribution in [0.15, 0.2) is 12.1 Å². The van der Waals surface area contributed by atoms with Gasteiger partial charge < -0.3 is 9.47 Å². The zero-order valence-corrected chi connectivity index (χ0v) is 9.87. The van der Waals surface area contributed by atoms with Crippen LogP contribution in [-0.4, -0.2) is 19.0 Å². The zero-order valence-electron chi connectivity index (χ0n) is 9.87. The monoisotopic (exact) mass is 220 g/mol. The molecule has 0 saturated heterocycles. The fourth-order valence-electron chi connectivity index (χ4n) is 1.81. The molecule has 1 aromatic carbocycles. The number of Topliss-reactive ketones (excluding diaryl/α,β-unsaturated/α-hetero) is 1. The minimum absolute atomic E-state index is 0.0545. The van der Waals surface area contributed by atoms with Crippen molar-refractivity contribution in [2.45, 2.75) is 26.7 Å². The average molecular weight is 220 g/mol. The normalized spacial score (nSPS) is 14.0. The first kappa shape index (κ1) is 11.0. The predicted molar refractivity (Wildman–Crippen MR) is 61.5 cm³/mol. The van der Waals surface area contributed by atoms with E-state index in [0.29, 0.717) is 30.4 Å². The maximum absolute atomic E-state index is 11.4. The van der Waals surface area contributed by atoms with Crippen molar-refractivity contribution in [1.29, 1.82) is 0 Å². The van der Waals surface area contributed by atoms with Gasteiger partial charge in [-0.1, -0.05) is 13.8 Å². The second-order valence-electron chi connectivity index (χ2n) is 4.30. The standard InChI is InChI=1S/C13H16O3/c1-8(2)11-6-10(9(3)14)7-12-13(11)16-5-4-15-12/h6-8H,4-5H2,1-3H3. The van der Waals surface area contributed by atoms with Gasteiger partial charge in [-0.2, -0.15) is 0 Å².